The van der Waals surface area contributed by atoms with Gasteiger partial charge in [-0.2, -0.15) is 0 Å². The average Bonchev–Trinajstić information content (AvgIpc) is 2.84. The Morgan fingerprint density at radius 2 is 2.06 bits per heavy atom. The molecule has 2 N–H and O–H groups in total. The lowest BCUT2D eigenvalue weighted by Gasteiger charge is -2.07. The van der Waals surface area contributed by atoms with E-state index in [0.717, 1.165) is 10.7 Å². The quantitative estimate of drug-likeness (QED) is 0.905. The number of thiazole rings is 1. The average molecular weight is 252 g/mol. The highest BCUT2D eigenvalue weighted by Crippen LogP contribution is 2.30. The van der Waals surface area contributed by atoms with Crippen LogP contribution in [-0.2, 0) is 0 Å². The Labute approximate surface area is 104 Å². The van der Waals surface area contributed by atoms with E-state index in [9.17, 15) is 0 Å². The Balaban J connectivity index is 2.27. The molecule has 2 rings (SSSR count). The molecule has 0 radical (unpaired) electrons. The second-order valence-electron chi connectivity index (χ2n) is 4.21. The number of thiophene rings is 1. The van der Waals surface area contributed by atoms with E-state index in [0.29, 0.717) is 5.92 Å². The van der Waals surface area contributed by atoms with Gasteiger partial charge in [0.25, 0.3) is 0 Å². The van der Waals surface area contributed by atoms with Crippen molar-refractivity contribution in [2.75, 3.05) is 0 Å². The summed E-state index contributed by atoms with van der Waals surface area (Å²) in [6.07, 6.45) is 0. The number of hydrogen-bond donors (Lipinski definition) is 1. The van der Waals surface area contributed by atoms with Crippen LogP contribution in [0.15, 0.2) is 16.8 Å². The Morgan fingerprint density at radius 1 is 1.31 bits per heavy atom. The smallest absolute Gasteiger partial charge is 0.115 e. The largest absolute Gasteiger partial charge is 0.318 e. The van der Waals surface area contributed by atoms with Gasteiger partial charge in [0.15, 0.2) is 0 Å². The van der Waals surface area contributed by atoms with Gasteiger partial charge in [0.1, 0.15) is 5.01 Å². The van der Waals surface area contributed by atoms with Crippen molar-refractivity contribution in [2.24, 2.45) is 5.73 Å². The predicted octanol–water partition coefficient (Wildman–Crippen LogP) is 3.68. The molecule has 2 aromatic heterocycles. The normalized spacial score (nSPS) is 13.3. The van der Waals surface area contributed by atoms with Gasteiger partial charge in [-0.05, 0) is 29.9 Å². The van der Waals surface area contributed by atoms with Gasteiger partial charge in [0.05, 0.1) is 11.7 Å². The van der Waals surface area contributed by atoms with E-state index in [1.54, 1.807) is 22.7 Å². The van der Waals surface area contributed by atoms with Crippen molar-refractivity contribution in [1.29, 1.82) is 0 Å². The molecule has 0 aromatic carbocycles. The van der Waals surface area contributed by atoms with E-state index >= 15 is 0 Å². The zero-order valence-electron chi connectivity index (χ0n) is 9.73. The number of hydrogen-bond acceptors (Lipinski definition) is 4. The van der Waals surface area contributed by atoms with Crippen LogP contribution in [0.2, 0.25) is 0 Å². The molecule has 2 nitrogen and oxygen atoms in total. The molecule has 86 valence electrons. The maximum Gasteiger partial charge on any atom is 0.115 e. The van der Waals surface area contributed by atoms with Crippen LogP contribution < -0.4 is 5.73 Å². The SMILES string of the molecule is Cc1ccsc1C(N)c1nc(C(C)C)cs1. The highest BCUT2D eigenvalue weighted by Gasteiger charge is 2.17. The molecule has 4 heteroatoms. The summed E-state index contributed by atoms with van der Waals surface area (Å²) in [7, 11) is 0. The maximum atomic E-state index is 6.23. The van der Waals surface area contributed by atoms with Gasteiger partial charge in [-0.1, -0.05) is 13.8 Å². The van der Waals surface area contributed by atoms with E-state index in [1.165, 1.54) is 10.4 Å². The lowest BCUT2D eigenvalue weighted by atomic mass is 10.1. The van der Waals surface area contributed by atoms with Crippen molar-refractivity contribution < 1.29 is 0 Å². The van der Waals surface area contributed by atoms with E-state index in [1.807, 2.05) is 0 Å². The van der Waals surface area contributed by atoms with Gasteiger partial charge in [-0.15, -0.1) is 22.7 Å². The van der Waals surface area contributed by atoms with Crippen molar-refractivity contribution in [3.8, 4) is 0 Å². The number of aromatic nitrogens is 1. The molecule has 0 saturated carbocycles. The molecule has 0 bridgehead atoms. The molecule has 0 amide bonds. The summed E-state index contributed by atoms with van der Waals surface area (Å²) in [4.78, 5) is 5.83. The van der Waals surface area contributed by atoms with Crippen molar-refractivity contribution in [3.63, 3.8) is 0 Å². The molecule has 2 heterocycles. The Kier molecular flexibility index (Phi) is 3.42. The van der Waals surface area contributed by atoms with Gasteiger partial charge in [0.2, 0.25) is 0 Å². The fraction of sp³-hybridized carbons (Fsp3) is 0.417. The minimum absolute atomic E-state index is 0.0579. The molecule has 0 aliphatic rings. The van der Waals surface area contributed by atoms with Gasteiger partial charge in [-0.25, -0.2) is 4.98 Å². The van der Waals surface area contributed by atoms with E-state index in [4.69, 9.17) is 5.73 Å². The molecule has 16 heavy (non-hydrogen) atoms. The summed E-state index contributed by atoms with van der Waals surface area (Å²) in [6.45, 7) is 6.41. The predicted molar refractivity (Wildman–Crippen MR) is 71.3 cm³/mol. The molecular weight excluding hydrogens is 236 g/mol. The molecule has 2 aromatic rings. The van der Waals surface area contributed by atoms with Crippen molar-refractivity contribution in [2.45, 2.75) is 32.7 Å². The second-order valence-corrected chi connectivity index (χ2v) is 6.05. The van der Waals surface area contributed by atoms with Crippen LogP contribution in [0.25, 0.3) is 0 Å². The molecule has 0 fully saturated rings. The second kappa shape index (κ2) is 4.65. The molecular formula is C12H16N2S2. The van der Waals surface area contributed by atoms with Crippen molar-refractivity contribution in [3.05, 3.63) is 38.0 Å². The molecule has 0 aliphatic carbocycles. The van der Waals surface area contributed by atoms with Crippen molar-refractivity contribution in [1.82, 2.24) is 4.98 Å². The van der Waals surface area contributed by atoms with Crippen LogP contribution in [0.1, 0.15) is 46.9 Å². The molecule has 0 saturated heterocycles. The fourth-order valence-electron chi connectivity index (χ4n) is 1.52. The first-order valence-electron chi connectivity index (χ1n) is 5.34. The lowest BCUT2D eigenvalue weighted by molar-refractivity contribution is 0.799. The monoisotopic (exact) mass is 252 g/mol. The van der Waals surface area contributed by atoms with Crippen LogP contribution in [0.3, 0.4) is 0 Å². The zero-order valence-corrected chi connectivity index (χ0v) is 11.4. The number of aryl methyl sites for hydroxylation is 1. The summed E-state index contributed by atoms with van der Waals surface area (Å²) in [5, 5.41) is 5.22. The van der Waals surface area contributed by atoms with Crippen LogP contribution in [0.5, 0.6) is 0 Å². The third-order valence-electron chi connectivity index (χ3n) is 2.58. The maximum absolute atomic E-state index is 6.23. The molecule has 1 unspecified atom stereocenters. The summed E-state index contributed by atoms with van der Waals surface area (Å²) in [6, 6.07) is 2.05. The summed E-state index contributed by atoms with van der Waals surface area (Å²) >= 11 is 3.38. The van der Waals surface area contributed by atoms with E-state index in [2.05, 4.69) is 42.6 Å². The Morgan fingerprint density at radius 3 is 2.56 bits per heavy atom. The summed E-state index contributed by atoms with van der Waals surface area (Å²) in [5.41, 5.74) is 8.64. The van der Waals surface area contributed by atoms with Crippen LogP contribution >= 0.6 is 22.7 Å². The summed E-state index contributed by atoms with van der Waals surface area (Å²) < 4.78 is 0. The third-order valence-corrected chi connectivity index (χ3v) is 4.63. The number of nitrogens with two attached hydrogens (primary N) is 1. The van der Waals surface area contributed by atoms with Crippen LogP contribution in [0.4, 0.5) is 0 Å². The minimum Gasteiger partial charge on any atom is -0.318 e. The number of nitrogens with zero attached hydrogens (tertiary/aromatic N) is 1. The van der Waals surface area contributed by atoms with Gasteiger partial charge < -0.3 is 5.73 Å². The third kappa shape index (κ3) is 2.19. The van der Waals surface area contributed by atoms with Gasteiger partial charge in [-0.3, -0.25) is 0 Å². The van der Waals surface area contributed by atoms with E-state index in [-0.39, 0.29) is 6.04 Å². The fourth-order valence-corrected chi connectivity index (χ4v) is 3.52. The highest BCUT2D eigenvalue weighted by atomic mass is 32.1. The number of rotatable bonds is 3. The molecule has 0 aliphatic heterocycles. The van der Waals surface area contributed by atoms with Crippen LogP contribution in [0, 0.1) is 6.92 Å². The van der Waals surface area contributed by atoms with E-state index < -0.39 is 0 Å². The first kappa shape index (κ1) is 11.8. The van der Waals surface area contributed by atoms with Crippen molar-refractivity contribution >= 4 is 22.7 Å². The first-order valence-corrected chi connectivity index (χ1v) is 7.10. The first-order chi connectivity index (χ1) is 7.59. The standard InChI is InChI=1S/C12H16N2S2/c1-7(2)9-6-16-12(14-9)10(13)11-8(3)4-5-15-11/h4-7,10H,13H2,1-3H3. The Bertz CT molecular complexity index is 471. The molecule has 1 atom stereocenters. The van der Waals surface area contributed by atoms with Gasteiger partial charge in [0, 0.05) is 10.3 Å². The molecule has 0 spiro atoms. The Hall–Kier alpha value is -0.710. The zero-order chi connectivity index (χ0) is 11.7. The van der Waals surface area contributed by atoms with Crippen LogP contribution in [-0.4, -0.2) is 4.98 Å². The lowest BCUT2D eigenvalue weighted by Crippen LogP contribution is -2.11. The summed E-state index contributed by atoms with van der Waals surface area (Å²) in [5.74, 6) is 0.474. The van der Waals surface area contributed by atoms with Gasteiger partial charge >= 0.3 is 0 Å². The highest BCUT2D eigenvalue weighted by molar-refractivity contribution is 7.11. The minimum atomic E-state index is -0.0579. The topological polar surface area (TPSA) is 38.9 Å².